The molecule has 0 aromatic heterocycles. The molecule has 0 aliphatic carbocycles. The topological polar surface area (TPSA) is 92.4 Å². The fourth-order valence-electron chi connectivity index (χ4n) is 1.36. The van der Waals surface area contributed by atoms with Gasteiger partial charge in [0.2, 0.25) is 5.91 Å². The third kappa shape index (κ3) is 5.12. The van der Waals surface area contributed by atoms with Crippen LogP contribution in [0.2, 0.25) is 0 Å². The van der Waals surface area contributed by atoms with Crippen LogP contribution < -0.4 is 11.1 Å². The van der Waals surface area contributed by atoms with E-state index in [2.05, 4.69) is 5.32 Å². The molecule has 5 heteroatoms. The molecule has 1 rings (SSSR count). The molecule has 17 heavy (non-hydrogen) atoms. The zero-order valence-electron chi connectivity index (χ0n) is 9.48. The first-order chi connectivity index (χ1) is 8.11. The van der Waals surface area contributed by atoms with E-state index in [-0.39, 0.29) is 12.3 Å². The van der Waals surface area contributed by atoms with Crippen molar-refractivity contribution in [1.29, 1.82) is 0 Å². The van der Waals surface area contributed by atoms with Crippen LogP contribution in [0.1, 0.15) is 18.4 Å². The maximum absolute atomic E-state index is 11.2. The maximum Gasteiger partial charge on any atom is 0.303 e. The molecule has 0 aliphatic rings. The van der Waals surface area contributed by atoms with Crippen molar-refractivity contribution in [3.63, 3.8) is 0 Å². The minimum atomic E-state index is -0.815. The summed E-state index contributed by atoms with van der Waals surface area (Å²) in [5.41, 5.74) is 6.89. The highest BCUT2D eigenvalue weighted by Crippen LogP contribution is 2.11. The molecule has 0 radical (unpaired) electrons. The number of hydrogen-bond acceptors (Lipinski definition) is 3. The molecule has 0 spiro atoms. The van der Waals surface area contributed by atoms with Crippen molar-refractivity contribution in [3.8, 4) is 0 Å². The maximum atomic E-state index is 11.2. The Bertz CT molecular complexity index is 387. The number of carboxylic acids is 1. The van der Waals surface area contributed by atoms with Gasteiger partial charge in [-0.1, -0.05) is 12.1 Å². The second-order valence-corrected chi connectivity index (χ2v) is 3.68. The zero-order chi connectivity index (χ0) is 12.7. The summed E-state index contributed by atoms with van der Waals surface area (Å²) in [5.74, 6) is -0.934. The second kappa shape index (κ2) is 6.65. The molecule has 0 unspecified atom stereocenters. The molecule has 4 N–H and O–H groups in total. The van der Waals surface area contributed by atoms with E-state index in [0.717, 1.165) is 5.56 Å². The van der Waals surface area contributed by atoms with Gasteiger partial charge >= 0.3 is 5.97 Å². The van der Waals surface area contributed by atoms with Crippen molar-refractivity contribution in [2.24, 2.45) is 5.73 Å². The lowest BCUT2D eigenvalue weighted by molar-refractivity contribution is -0.137. The first kappa shape index (κ1) is 13.2. The standard InChI is InChI=1S/C12H16N2O3/c13-8-7-11(15)14-10-4-1-9(2-5-10)3-6-12(16)17/h1-2,4-5H,3,6-8,13H2,(H,14,15)(H,16,17). The summed E-state index contributed by atoms with van der Waals surface area (Å²) in [6, 6.07) is 7.12. The molecular weight excluding hydrogens is 220 g/mol. The molecular formula is C12H16N2O3. The van der Waals surface area contributed by atoms with Crippen molar-refractivity contribution in [3.05, 3.63) is 29.8 Å². The Morgan fingerprint density at radius 3 is 2.35 bits per heavy atom. The van der Waals surface area contributed by atoms with Crippen LogP contribution >= 0.6 is 0 Å². The van der Waals surface area contributed by atoms with E-state index in [1.807, 2.05) is 0 Å². The Morgan fingerprint density at radius 2 is 1.82 bits per heavy atom. The number of carbonyl (C=O) groups is 2. The number of carboxylic acid groups (broad SMARTS) is 1. The number of rotatable bonds is 6. The number of aliphatic carboxylic acids is 1. The molecule has 0 atom stereocenters. The highest BCUT2D eigenvalue weighted by molar-refractivity contribution is 5.90. The molecule has 1 aromatic carbocycles. The van der Waals surface area contributed by atoms with E-state index in [4.69, 9.17) is 10.8 Å². The lowest BCUT2D eigenvalue weighted by atomic mass is 10.1. The summed E-state index contributed by atoms with van der Waals surface area (Å²) in [7, 11) is 0. The molecule has 92 valence electrons. The smallest absolute Gasteiger partial charge is 0.303 e. The monoisotopic (exact) mass is 236 g/mol. The van der Waals surface area contributed by atoms with E-state index >= 15 is 0 Å². The number of nitrogens with one attached hydrogen (secondary N) is 1. The van der Waals surface area contributed by atoms with Crippen molar-refractivity contribution >= 4 is 17.6 Å². The minimum Gasteiger partial charge on any atom is -0.481 e. The third-order valence-corrected chi connectivity index (χ3v) is 2.24. The van der Waals surface area contributed by atoms with Gasteiger partial charge in [0.15, 0.2) is 0 Å². The van der Waals surface area contributed by atoms with Crippen molar-refractivity contribution in [1.82, 2.24) is 0 Å². The summed E-state index contributed by atoms with van der Waals surface area (Å²) in [6.07, 6.45) is 0.895. The largest absolute Gasteiger partial charge is 0.481 e. The number of amides is 1. The fraction of sp³-hybridized carbons (Fsp3) is 0.333. The number of hydrogen-bond donors (Lipinski definition) is 3. The Morgan fingerprint density at radius 1 is 1.18 bits per heavy atom. The van der Waals surface area contributed by atoms with E-state index < -0.39 is 5.97 Å². The van der Waals surface area contributed by atoms with Crippen LogP contribution in [0.25, 0.3) is 0 Å². The minimum absolute atomic E-state index is 0.110. The van der Waals surface area contributed by atoms with Gasteiger partial charge < -0.3 is 16.2 Å². The van der Waals surface area contributed by atoms with Crippen LogP contribution in [0.3, 0.4) is 0 Å². The molecule has 0 saturated carbocycles. The lowest BCUT2D eigenvalue weighted by Crippen LogP contribution is -2.16. The SMILES string of the molecule is NCCC(=O)Nc1ccc(CCC(=O)O)cc1. The summed E-state index contributed by atoms with van der Waals surface area (Å²) in [4.78, 5) is 21.6. The first-order valence-electron chi connectivity index (χ1n) is 5.42. The average Bonchev–Trinajstić information content (AvgIpc) is 2.28. The van der Waals surface area contributed by atoms with Gasteiger partial charge in [-0.2, -0.15) is 0 Å². The number of carbonyl (C=O) groups excluding carboxylic acids is 1. The normalized spacial score (nSPS) is 9.94. The molecule has 0 fully saturated rings. The quantitative estimate of drug-likeness (QED) is 0.686. The Labute approximate surface area is 99.6 Å². The fourth-order valence-corrected chi connectivity index (χ4v) is 1.36. The van der Waals surface area contributed by atoms with Crippen molar-refractivity contribution < 1.29 is 14.7 Å². The third-order valence-electron chi connectivity index (χ3n) is 2.24. The van der Waals surface area contributed by atoms with Crippen LogP contribution in [0.4, 0.5) is 5.69 Å². The lowest BCUT2D eigenvalue weighted by Gasteiger charge is -2.05. The number of nitrogens with two attached hydrogens (primary N) is 1. The number of benzene rings is 1. The highest BCUT2D eigenvalue weighted by atomic mass is 16.4. The average molecular weight is 236 g/mol. The van der Waals surface area contributed by atoms with Crippen LogP contribution in [0.5, 0.6) is 0 Å². The Hall–Kier alpha value is -1.88. The van der Waals surface area contributed by atoms with Crippen molar-refractivity contribution in [2.45, 2.75) is 19.3 Å². The van der Waals surface area contributed by atoms with Crippen LogP contribution in [-0.2, 0) is 16.0 Å². The van der Waals surface area contributed by atoms with Gasteiger partial charge in [-0.15, -0.1) is 0 Å². The van der Waals surface area contributed by atoms with Gasteiger partial charge in [0.05, 0.1) is 0 Å². The number of anilines is 1. The predicted octanol–water partition coefficient (Wildman–Crippen LogP) is 0.991. The Kier molecular flexibility index (Phi) is 5.16. The van der Waals surface area contributed by atoms with Gasteiger partial charge in [0, 0.05) is 25.1 Å². The van der Waals surface area contributed by atoms with Gasteiger partial charge in [0.25, 0.3) is 0 Å². The van der Waals surface area contributed by atoms with Gasteiger partial charge in [0.1, 0.15) is 0 Å². The Balaban J connectivity index is 2.49. The highest BCUT2D eigenvalue weighted by Gasteiger charge is 2.02. The van der Waals surface area contributed by atoms with E-state index in [1.165, 1.54) is 0 Å². The molecule has 1 amide bonds. The zero-order valence-corrected chi connectivity index (χ0v) is 9.48. The van der Waals surface area contributed by atoms with E-state index in [0.29, 0.717) is 25.1 Å². The molecule has 0 aliphatic heterocycles. The summed E-state index contributed by atoms with van der Waals surface area (Å²) >= 11 is 0. The molecule has 0 heterocycles. The van der Waals surface area contributed by atoms with Gasteiger partial charge in [-0.3, -0.25) is 9.59 Å². The van der Waals surface area contributed by atoms with E-state index in [1.54, 1.807) is 24.3 Å². The summed E-state index contributed by atoms with van der Waals surface area (Å²) in [6.45, 7) is 0.322. The molecule has 5 nitrogen and oxygen atoms in total. The van der Waals surface area contributed by atoms with Gasteiger partial charge in [-0.05, 0) is 24.1 Å². The number of aryl methyl sites for hydroxylation is 1. The predicted molar refractivity (Wildman–Crippen MR) is 64.7 cm³/mol. The first-order valence-corrected chi connectivity index (χ1v) is 5.42. The van der Waals surface area contributed by atoms with Crippen molar-refractivity contribution in [2.75, 3.05) is 11.9 Å². The van der Waals surface area contributed by atoms with Crippen LogP contribution in [-0.4, -0.2) is 23.5 Å². The van der Waals surface area contributed by atoms with Crippen LogP contribution in [0, 0.1) is 0 Å². The molecule has 1 aromatic rings. The molecule has 0 saturated heterocycles. The summed E-state index contributed by atoms with van der Waals surface area (Å²) in [5, 5.41) is 11.2. The second-order valence-electron chi connectivity index (χ2n) is 3.68. The summed E-state index contributed by atoms with van der Waals surface area (Å²) < 4.78 is 0. The molecule has 0 bridgehead atoms. The van der Waals surface area contributed by atoms with E-state index in [9.17, 15) is 9.59 Å². The van der Waals surface area contributed by atoms with Crippen LogP contribution in [0.15, 0.2) is 24.3 Å². The van der Waals surface area contributed by atoms with Gasteiger partial charge in [-0.25, -0.2) is 0 Å².